The number of nitrogens with one attached hydrogen (secondary N) is 1. The first-order valence-electron chi connectivity index (χ1n) is 11.5. The number of benzene rings is 1. The van der Waals surface area contributed by atoms with E-state index in [1.807, 2.05) is 24.4 Å². The normalized spacial score (nSPS) is 16.7. The first-order valence-corrected chi connectivity index (χ1v) is 11.5. The lowest BCUT2D eigenvalue weighted by molar-refractivity contribution is 0.102. The fourth-order valence-electron chi connectivity index (χ4n) is 4.77. The van der Waals surface area contributed by atoms with Crippen LogP contribution in [0.5, 0.6) is 0 Å². The quantitative estimate of drug-likeness (QED) is 0.468. The van der Waals surface area contributed by atoms with E-state index in [4.69, 9.17) is 10.7 Å². The molecule has 1 aromatic carbocycles. The highest BCUT2D eigenvalue weighted by atomic mass is 16.1. The Kier molecular flexibility index (Phi) is 5.53. The number of nitrogen functional groups attached to an aromatic ring is 1. The molecule has 1 atom stereocenters. The molecule has 1 fully saturated rings. The van der Waals surface area contributed by atoms with Gasteiger partial charge >= 0.3 is 0 Å². The second-order valence-corrected chi connectivity index (χ2v) is 9.62. The van der Waals surface area contributed by atoms with Gasteiger partial charge in [0.2, 0.25) is 0 Å². The Hall–Kier alpha value is -3.78. The zero-order valence-corrected chi connectivity index (χ0v) is 19.7. The van der Waals surface area contributed by atoms with Crippen LogP contribution in [0.25, 0.3) is 16.8 Å². The topological polar surface area (TPSA) is 101 Å². The third kappa shape index (κ3) is 4.01. The minimum atomic E-state index is -0.214. The fraction of sp³-hybridized carbons (Fsp3) is 0.308. The highest BCUT2D eigenvalue weighted by Gasteiger charge is 2.37. The number of hydrogen-bond acceptors (Lipinski definition) is 6. The number of anilines is 2. The molecule has 34 heavy (non-hydrogen) atoms. The molecule has 174 valence electrons. The third-order valence-corrected chi connectivity index (χ3v) is 6.35. The van der Waals surface area contributed by atoms with Crippen LogP contribution in [-0.2, 0) is 0 Å². The summed E-state index contributed by atoms with van der Waals surface area (Å²) in [5, 5.41) is 2.81. The van der Waals surface area contributed by atoms with Crippen molar-refractivity contribution in [1.29, 1.82) is 0 Å². The standard InChI is InChI=1S/C26H29N7O/c1-26(2,3)33-15-6-7-19(33)24-31-21(22-23(27)29-14-16-32(22)24)17-9-11-18(12-10-17)25(34)30-20-8-4-5-13-28-20/h4-5,8-14,16,19H,6-7,15H2,1-3H3,(H2,27,29)(H,28,30,34)/t19-/m1/s1. The first-order chi connectivity index (χ1) is 16.3. The van der Waals surface area contributed by atoms with E-state index in [0.29, 0.717) is 17.2 Å². The molecule has 0 radical (unpaired) electrons. The van der Waals surface area contributed by atoms with Gasteiger partial charge in [0, 0.05) is 35.3 Å². The van der Waals surface area contributed by atoms with Crippen molar-refractivity contribution in [3.63, 3.8) is 0 Å². The Labute approximate surface area is 198 Å². The van der Waals surface area contributed by atoms with E-state index >= 15 is 0 Å². The molecule has 3 aromatic heterocycles. The molecule has 0 unspecified atom stereocenters. The van der Waals surface area contributed by atoms with Crippen LogP contribution in [-0.4, -0.2) is 42.2 Å². The molecule has 1 saturated heterocycles. The van der Waals surface area contributed by atoms with Crippen LogP contribution in [0.1, 0.15) is 55.8 Å². The second-order valence-electron chi connectivity index (χ2n) is 9.62. The first kappa shape index (κ1) is 22.0. The van der Waals surface area contributed by atoms with Gasteiger partial charge in [0.1, 0.15) is 28.7 Å². The third-order valence-electron chi connectivity index (χ3n) is 6.35. The minimum Gasteiger partial charge on any atom is -0.382 e. The van der Waals surface area contributed by atoms with Crippen molar-refractivity contribution in [2.75, 3.05) is 17.6 Å². The molecule has 0 bridgehead atoms. The summed E-state index contributed by atoms with van der Waals surface area (Å²) < 4.78 is 2.08. The number of carbonyl (C=O) groups is 1. The molecule has 5 rings (SSSR count). The monoisotopic (exact) mass is 455 g/mol. The number of rotatable bonds is 4. The highest BCUT2D eigenvalue weighted by Crippen LogP contribution is 2.39. The Bertz CT molecular complexity index is 1320. The van der Waals surface area contributed by atoms with Crippen LogP contribution in [0.3, 0.4) is 0 Å². The van der Waals surface area contributed by atoms with Gasteiger partial charge in [-0.2, -0.15) is 0 Å². The van der Waals surface area contributed by atoms with Gasteiger partial charge in [0.15, 0.2) is 0 Å². The zero-order chi connectivity index (χ0) is 23.9. The lowest BCUT2D eigenvalue weighted by Gasteiger charge is -2.36. The summed E-state index contributed by atoms with van der Waals surface area (Å²) in [6.45, 7) is 7.77. The molecule has 0 saturated carbocycles. The summed E-state index contributed by atoms with van der Waals surface area (Å²) in [5.74, 6) is 1.71. The highest BCUT2D eigenvalue weighted by molar-refractivity contribution is 6.04. The van der Waals surface area contributed by atoms with Crippen molar-refractivity contribution in [3.05, 3.63) is 72.4 Å². The number of pyridine rings is 1. The molecule has 0 spiro atoms. The number of carbonyl (C=O) groups excluding carboxylic acids is 1. The van der Waals surface area contributed by atoms with Crippen LogP contribution in [0.4, 0.5) is 11.6 Å². The van der Waals surface area contributed by atoms with Gasteiger partial charge < -0.3 is 11.1 Å². The molecule has 1 aliphatic rings. The number of nitrogens with two attached hydrogens (primary N) is 1. The lowest BCUT2D eigenvalue weighted by Crippen LogP contribution is -2.41. The van der Waals surface area contributed by atoms with Crippen LogP contribution in [0.15, 0.2) is 61.1 Å². The van der Waals surface area contributed by atoms with Crippen LogP contribution >= 0.6 is 0 Å². The largest absolute Gasteiger partial charge is 0.382 e. The van der Waals surface area contributed by atoms with Crippen molar-refractivity contribution < 1.29 is 4.79 Å². The van der Waals surface area contributed by atoms with Crippen molar-refractivity contribution in [3.8, 4) is 11.3 Å². The van der Waals surface area contributed by atoms with Gasteiger partial charge in [-0.15, -0.1) is 0 Å². The lowest BCUT2D eigenvalue weighted by atomic mass is 10.0. The maximum atomic E-state index is 12.6. The molecule has 4 aromatic rings. The number of hydrogen-bond donors (Lipinski definition) is 2. The van der Waals surface area contributed by atoms with Gasteiger partial charge in [-0.1, -0.05) is 18.2 Å². The number of imidazole rings is 1. The number of amides is 1. The average Bonchev–Trinajstić information content (AvgIpc) is 3.45. The second kappa shape index (κ2) is 8.53. The van der Waals surface area contributed by atoms with Gasteiger partial charge in [-0.25, -0.2) is 15.0 Å². The number of fused-ring (bicyclic) bond motifs is 1. The Morgan fingerprint density at radius 3 is 2.59 bits per heavy atom. The van der Waals surface area contributed by atoms with Crippen molar-refractivity contribution >= 4 is 23.1 Å². The molecule has 8 heteroatoms. The molecule has 0 aliphatic carbocycles. The van der Waals surface area contributed by atoms with E-state index in [2.05, 4.69) is 45.4 Å². The summed E-state index contributed by atoms with van der Waals surface area (Å²) in [6.07, 6.45) is 7.48. The molecule has 1 aliphatic heterocycles. The number of likely N-dealkylation sites (tertiary alicyclic amines) is 1. The SMILES string of the molecule is CC(C)(C)N1CCC[C@@H]1c1nc(-c2ccc(C(=O)Nc3ccccn3)cc2)c2c(N)nccn12. The van der Waals surface area contributed by atoms with Gasteiger partial charge in [0.05, 0.1) is 6.04 Å². The van der Waals surface area contributed by atoms with Crippen molar-refractivity contribution in [2.45, 2.75) is 45.2 Å². The van der Waals surface area contributed by atoms with E-state index in [0.717, 1.165) is 42.0 Å². The van der Waals surface area contributed by atoms with E-state index in [-0.39, 0.29) is 17.5 Å². The smallest absolute Gasteiger partial charge is 0.256 e. The summed E-state index contributed by atoms with van der Waals surface area (Å²) in [7, 11) is 0. The Morgan fingerprint density at radius 2 is 1.88 bits per heavy atom. The van der Waals surface area contributed by atoms with E-state index < -0.39 is 0 Å². The maximum Gasteiger partial charge on any atom is 0.256 e. The maximum absolute atomic E-state index is 12.6. The van der Waals surface area contributed by atoms with Gasteiger partial charge in [-0.3, -0.25) is 14.1 Å². The Balaban J connectivity index is 1.51. The van der Waals surface area contributed by atoms with Gasteiger partial charge in [-0.05, 0) is 64.4 Å². The molecule has 1 amide bonds. The summed E-state index contributed by atoms with van der Waals surface area (Å²) in [5.41, 5.74) is 9.37. The minimum absolute atomic E-state index is 0.0361. The van der Waals surface area contributed by atoms with Crippen molar-refractivity contribution in [1.82, 2.24) is 24.3 Å². The number of aromatic nitrogens is 4. The molecule has 8 nitrogen and oxygen atoms in total. The molecule has 3 N–H and O–H groups in total. The molecular formula is C26H29N7O. The molecular weight excluding hydrogens is 426 g/mol. The van der Waals surface area contributed by atoms with E-state index in [9.17, 15) is 4.79 Å². The zero-order valence-electron chi connectivity index (χ0n) is 19.7. The van der Waals surface area contributed by atoms with E-state index in [1.54, 1.807) is 36.7 Å². The number of nitrogens with zero attached hydrogens (tertiary/aromatic N) is 5. The fourth-order valence-corrected chi connectivity index (χ4v) is 4.77. The summed E-state index contributed by atoms with van der Waals surface area (Å²) >= 11 is 0. The Morgan fingerprint density at radius 1 is 1.09 bits per heavy atom. The van der Waals surface area contributed by atoms with Crippen LogP contribution in [0.2, 0.25) is 0 Å². The van der Waals surface area contributed by atoms with E-state index in [1.165, 1.54) is 0 Å². The predicted molar refractivity (Wildman–Crippen MR) is 133 cm³/mol. The van der Waals surface area contributed by atoms with Crippen LogP contribution < -0.4 is 11.1 Å². The summed E-state index contributed by atoms with van der Waals surface area (Å²) in [4.78, 5) is 28.7. The van der Waals surface area contributed by atoms with Crippen molar-refractivity contribution in [2.24, 2.45) is 0 Å². The van der Waals surface area contributed by atoms with Gasteiger partial charge in [0.25, 0.3) is 5.91 Å². The average molecular weight is 456 g/mol. The summed E-state index contributed by atoms with van der Waals surface area (Å²) in [6, 6.07) is 13.0. The van der Waals surface area contributed by atoms with Crippen LogP contribution in [0, 0.1) is 0 Å². The molecule has 4 heterocycles. The predicted octanol–water partition coefficient (Wildman–Crippen LogP) is 4.56.